The predicted molar refractivity (Wildman–Crippen MR) is 96.0 cm³/mol. The first-order chi connectivity index (χ1) is 11.4. The van der Waals surface area contributed by atoms with E-state index in [2.05, 4.69) is 18.1 Å². The number of hydrogen-bond donors (Lipinski definition) is 1. The van der Waals surface area contributed by atoms with Gasteiger partial charge in [-0.15, -0.1) is 0 Å². The molecule has 0 radical (unpaired) electrons. The molecule has 0 fully saturated rings. The molecule has 1 aromatic carbocycles. The molecule has 1 unspecified atom stereocenters. The van der Waals surface area contributed by atoms with Crippen LogP contribution in [0.25, 0.3) is 5.69 Å². The zero-order valence-electron chi connectivity index (χ0n) is 14.3. The van der Waals surface area contributed by atoms with Crippen molar-refractivity contribution >= 4 is 17.7 Å². The van der Waals surface area contributed by atoms with E-state index in [1.165, 1.54) is 0 Å². The summed E-state index contributed by atoms with van der Waals surface area (Å²) in [5, 5.41) is 23.5. The third-order valence-corrected chi connectivity index (χ3v) is 4.85. The Labute approximate surface area is 146 Å². The molecule has 0 aliphatic heterocycles. The van der Waals surface area contributed by atoms with Crippen LogP contribution in [0.15, 0.2) is 24.3 Å². The summed E-state index contributed by atoms with van der Waals surface area (Å²) in [4.78, 5) is 11.9. The Morgan fingerprint density at radius 2 is 1.96 bits per heavy atom. The maximum atomic E-state index is 11.9. The molecule has 24 heavy (non-hydrogen) atoms. The second-order valence-corrected chi connectivity index (χ2v) is 7.26. The van der Waals surface area contributed by atoms with Gasteiger partial charge in [-0.05, 0) is 36.4 Å². The van der Waals surface area contributed by atoms with Gasteiger partial charge in [-0.1, -0.05) is 20.8 Å². The molecule has 0 aliphatic carbocycles. The van der Waals surface area contributed by atoms with Gasteiger partial charge in [-0.3, -0.25) is 0 Å². The van der Waals surface area contributed by atoms with Crippen molar-refractivity contribution in [2.75, 3.05) is 6.26 Å². The molecule has 2 aromatic rings. The molecule has 1 aromatic heterocycles. The minimum atomic E-state index is -0.943. The lowest BCUT2D eigenvalue weighted by Gasteiger charge is -2.11. The summed E-state index contributed by atoms with van der Waals surface area (Å²) in [6.07, 6.45) is 2.61. The Kier molecular flexibility index (Phi) is 5.68. The highest BCUT2D eigenvalue weighted by molar-refractivity contribution is 7.99. The monoisotopic (exact) mass is 343 g/mol. The second-order valence-electron chi connectivity index (χ2n) is 5.99. The SMILES string of the molecule is CSC(C)Cc1nn(-c2ccc(C#N)cc2)c(C(C)C)c1C(=O)O. The molecule has 6 heteroatoms. The number of carboxylic acid groups (broad SMARTS) is 1. The molecule has 0 bridgehead atoms. The zero-order valence-corrected chi connectivity index (χ0v) is 15.1. The molecule has 0 saturated carbocycles. The van der Waals surface area contributed by atoms with E-state index < -0.39 is 5.97 Å². The molecule has 126 valence electrons. The van der Waals surface area contributed by atoms with Crippen LogP contribution in [0, 0.1) is 11.3 Å². The van der Waals surface area contributed by atoms with Crippen LogP contribution in [0.4, 0.5) is 0 Å². The van der Waals surface area contributed by atoms with Crippen molar-refractivity contribution in [1.29, 1.82) is 5.26 Å². The van der Waals surface area contributed by atoms with E-state index in [9.17, 15) is 9.90 Å². The topological polar surface area (TPSA) is 78.9 Å². The Bertz CT molecular complexity index is 773. The van der Waals surface area contributed by atoms with Crippen LogP contribution in [0.1, 0.15) is 54.0 Å². The van der Waals surface area contributed by atoms with Crippen LogP contribution in [0.5, 0.6) is 0 Å². The van der Waals surface area contributed by atoms with E-state index in [4.69, 9.17) is 5.26 Å². The summed E-state index contributed by atoms with van der Waals surface area (Å²) in [5.74, 6) is -0.931. The number of nitriles is 1. The molecular formula is C18H21N3O2S. The van der Waals surface area contributed by atoms with E-state index >= 15 is 0 Å². The Morgan fingerprint density at radius 3 is 2.42 bits per heavy atom. The second kappa shape index (κ2) is 7.54. The normalized spacial score (nSPS) is 12.2. The molecule has 0 spiro atoms. The highest BCUT2D eigenvalue weighted by Gasteiger charge is 2.26. The van der Waals surface area contributed by atoms with Crippen molar-refractivity contribution in [3.63, 3.8) is 0 Å². The van der Waals surface area contributed by atoms with E-state index in [0.29, 0.717) is 28.9 Å². The molecule has 0 amide bonds. The first-order valence-electron chi connectivity index (χ1n) is 7.77. The highest BCUT2D eigenvalue weighted by atomic mass is 32.2. The molecule has 1 heterocycles. The van der Waals surface area contributed by atoms with E-state index in [1.54, 1.807) is 40.7 Å². The molecular weight excluding hydrogens is 322 g/mol. The highest BCUT2D eigenvalue weighted by Crippen LogP contribution is 2.28. The van der Waals surface area contributed by atoms with Crippen LogP contribution >= 0.6 is 11.8 Å². The minimum absolute atomic E-state index is 0.0116. The number of benzene rings is 1. The number of rotatable bonds is 6. The van der Waals surface area contributed by atoms with Crippen LogP contribution in [0.2, 0.25) is 0 Å². The zero-order chi connectivity index (χ0) is 17.9. The third-order valence-electron chi connectivity index (χ3n) is 3.88. The van der Waals surface area contributed by atoms with Crippen molar-refractivity contribution < 1.29 is 9.90 Å². The molecule has 2 rings (SSSR count). The van der Waals surface area contributed by atoms with Gasteiger partial charge in [0.2, 0.25) is 0 Å². The van der Waals surface area contributed by atoms with Gasteiger partial charge in [0.1, 0.15) is 5.56 Å². The van der Waals surface area contributed by atoms with Gasteiger partial charge < -0.3 is 5.11 Å². The summed E-state index contributed by atoms with van der Waals surface area (Å²) in [6, 6.07) is 9.11. The van der Waals surface area contributed by atoms with Gasteiger partial charge in [0, 0.05) is 11.7 Å². The minimum Gasteiger partial charge on any atom is -0.478 e. The van der Waals surface area contributed by atoms with Crippen LogP contribution < -0.4 is 0 Å². The number of carbonyl (C=O) groups is 1. The fourth-order valence-corrected chi connectivity index (χ4v) is 2.94. The number of nitrogens with zero attached hydrogens (tertiary/aromatic N) is 3. The van der Waals surface area contributed by atoms with Gasteiger partial charge in [-0.25, -0.2) is 9.48 Å². The lowest BCUT2D eigenvalue weighted by atomic mass is 10.0. The molecule has 0 saturated heterocycles. The molecule has 1 atom stereocenters. The molecule has 5 nitrogen and oxygen atoms in total. The molecule has 1 N–H and O–H groups in total. The van der Waals surface area contributed by atoms with Crippen LogP contribution in [-0.4, -0.2) is 32.4 Å². The molecule has 0 aliphatic rings. The van der Waals surface area contributed by atoms with Gasteiger partial charge in [0.15, 0.2) is 0 Å². The van der Waals surface area contributed by atoms with Gasteiger partial charge in [0.05, 0.1) is 28.7 Å². The largest absolute Gasteiger partial charge is 0.478 e. The van der Waals surface area contributed by atoms with Crippen molar-refractivity contribution in [2.24, 2.45) is 0 Å². The van der Waals surface area contributed by atoms with Crippen molar-refractivity contribution in [2.45, 2.75) is 38.4 Å². The maximum absolute atomic E-state index is 11.9. The lowest BCUT2D eigenvalue weighted by Crippen LogP contribution is -2.09. The van der Waals surface area contributed by atoms with Gasteiger partial charge in [-0.2, -0.15) is 22.1 Å². The fourth-order valence-electron chi connectivity index (χ4n) is 2.62. The Balaban J connectivity index is 2.63. The maximum Gasteiger partial charge on any atom is 0.339 e. The number of thioether (sulfide) groups is 1. The van der Waals surface area contributed by atoms with Gasteiger partial charge in [0.25, 0.3) is 0 Å². The smallest absolute Gasteiger partial charge is 0.339 e. The van der Waals surface area contributed by atoms with E-state index in [0.717, 1.165) is 5.69 Å². The Hall–Kier alpha value is -2.26. The van der Waals surface area contributed by atoms with E-state index in [-0.39, 0.29) is 11.2 Å². The van der Waals surface area contributed by atoms with Crippen LogP contribution in [-0.2, 0) is 6.42 Å². The van der Waals surface area contributed by atoms with Gasteiger partial charge >= 0.3 is 5.97 Å². The first-order valence-corrected chi connectivity index (χ1v) is 9.06. The average molecular weight is 343 g/mol. The Morgan fingerprint density at radius 1 is 1.33 bits per heavy atom. The number of aromatic nitrogens is 2. The summed E-state index contributed by atoms with van der Waals surface area (Å²) < 4.78 is 1.71. The van der Waals surface area contributed by atoms with Crippen molar-refractivity contribution in [3.8, 4) is 11.8 Å². The van der Waals surface area contributed by atoms with Crippen molar-refractivity contribution in [1.82, 2.24) is 9.78 Å². The lowest BCUT2D eigenvalue weighted by molar-refractivity contribution is 0.0694. The summed E-state index contributed by atoms with van der Waals surface area (Å²) in [6.45, 7) is 5.99. The fraction of sp³-hybridized carbons (Fsp3) is 0.389. The van der Waals surface area contributed by atoms with Crippen LogP contribution in [0.3, 0.4) is 0 Å². The standard InChI is InChI=1S/C18H21N3O2S/c1-11(2)17-16(18(22)23)15(9-12(3)24-4)20-21(17)14-7-5-13(10-19)6-8-14/h5-8,11-12H,9H2,1-4H3,(H,22,23). The first kappa shape index (κ1) is 18.1. The number of hydrogen-bond acceptors (Lipinski definition) is 4. The third kappa shape index (κ3) is 3.62. The average Bonchev–Trinajstić information content (AvgIpc) is 2.94. The number of aromatic carboxylic acids is 1. The summed E-state index contributed by atoms with van der Waals surface area (Å²) in [7, 11) is 0. The summed E-state index contributed by atoms with van der Waals surface area (Å²) >= 11 is 1.69. The van der Waals surface area contributed by atoms with E-state index in [1.807, 2.05) is 20.1 Å². The summed E-state index contributed by atoms with van der Waals surface area (Å²) in [5.41, 5.74) is 2.93. The van der Waals surface area contributed by atoms with Crippen molar-refractivity contribution in [3.05, 3.63) is 46.8 Å². The predicted octanol–water partition coefficient (Wildman–Crippen LogP) is 3.86. The quantitative estimate of drug-likeness (QED) is 0.861. The number of carboxylic acids is 1.